The van der Waals surface area contributed by atoms with Gasteiger partial charge < -0.3 is 9.47 Å². The van der Waals surface area contributed by atoms with Crippen molar-refractivity contribution in [2.75, 3.05) is 19.6 Å². The number of hydrogen-bond acceptors (Lipinski definition) is 6. The molecule has 0 unspecified atom stereocenters. The molecule has 1 heterocycles. The fourth-order valence-electron chi connectivity index (χ4n) is 2.32. The fourth-order valence-corrected chi connectivity index (χ4v) is 3.69. The smallest absolute Gasteiger partial charge is 0.203 e. The number of hydrazone groups is 1. The van der Waals surface area contributed by atoms with Crippen molar-refractivity contribution >= 4 is 45.9 Å². The lowest BCUT2D eigenvalue weighted by atomic mass is 10.2. The highest BCUT2D eigenvalue weighted by atomic mass is 35.5. The number of hydrogen-bond donors (Lipinski definition) is 1. The number of nitrogens with one attached hydrogen (secondary N) is 1. The largest absolute Gasteiger partial charge is 0.494 e. The number of benzene rings is 2. The van der Waals surface area contributed by atoms with E-state index in [4.69, 9.17) is 32.7 Å². The predicted octanol–water partition coefficient (Wildman–Crippen LogP) is 5.58. The van der Waals surface area contributed by atoms with Crippen LogP contribution in [0.25, 0.3) is 11.3 Å². The van der Waals surface area contributed by atoms with E-state index in [1.54, 1.807) is 12.3 Å². The van der Waals surface area contributed by atoms with Gasteiger partial charge in [-0.05, 0) is 6.07 Å². The molecule has 0 aliphatic rings. The van der Waals surface area contributed by atoms with Crippen molar-refractivity contribution in [3.8, 4) is 22.8 Å². The zero-order valence-corrected chi connectivity index (χ0v) is 16.3. The summed E-state index contributed by atoms with van der Waals surface area (Å²) in [7, 11) is 3.01. The lowest BCUT2D eigenvalue weighted by Crippen LogP contribution is -1.97. The van der Waals surface area contributed by atoms with Gasteiger partial charge in [-0.2, -0.15) is 5.10 Å². The Hall–Kier alpha value is -2.28. The third-order valence-electron chi connectivity index (χ3n) is 3.51. The zero-order valence-electron chi connectivity index (χ0n) is 14.0. The monoisotopic (exact) mass is 407 g/mol. The van der Waals surface area contributed by atoms with Crippen LogP contribution in [0.15, 0.2) is 46.9 Å². The fraction of sp³-hybridized carbons (Fsp3) is 0.111. The summed E-state index contributed by atoms with van der Waals surface area (Å²) in [6, 6.07) is 11.6. The first kappa shape index (κ1) is 18.5. The van der Waals surface area contributed by atoms with Crippen LogP contribution in [-0.4, -0.2) is 25.4 Å². The summed E-state index contributed by atoms with van der Waals surface area (Å²) in [6.07, 6.45) is 1.57. The Morgan fingerprint density at radius 3 is 2.54 bits per heavy atom. The maximum atomic E-state index is 6.26. The van der Waals surface area contributed by atoms with Crippen molar-refractivity contribution in [3.63, 3.8) is 0 Å². The van der Waals surface area contributed by atoms with Gasteiger partial charge in [0.05, 0.1) is 31.2 Å². The van der Waals surface area contributed by atoms with Crippen molar-refractivity contribution < 1.29 is 9.47 Å². The summed E-state index contributed by atoms with van der Waals surface area (Å²) >= 11 is 13.9. The van der Waals surface area contributed by atoms with Gasteiger partial charge in [0, 0.05) is 16.5 Å². The summed E-state index contributed by atoms with van der Waals surface area (Å²) in [5.41, 5.74) is 5.47. The number of anilines is 1. The van der Waals surface area contributed by atoms with Gasteiger partial charge in [-0.1, -0.05) is 53.5 Å². The van der Waals surface area contributed by atoms with Crippen molar-refractivity contribution in [3.05, 3.63) is 57.4 Å². The minimum absolute atomic E-state index is 0.296. The normalized spacial score (nSPS) is 10.9. The summed E-state index contributed by atoms with van der Waals surface area (Å²) in [5, 5.41) is 7.51. The molecule has 0 amide bonds. The molecule has 0 saturated heterocycles. The molecule has 0 spiro atoms. The maximum absolute atomic E-state index is 6.26. The molecule has 2 aromatic carbocycles. The zero-order chi connectivity index (χ0) is 18.5. The highest BCUT2D eigenvalue weighted by Gasteiger charge is 2.16. The average molecular weight is 408 g/mol. The first-order valence-corrected chi connectivity index (χ1v) is 9.17. The molecule has 3 aromatic rings. The molecule has 0 radical (unpaired) electrons. The van der Waals surface area contributed by atoms with Crippen molar-refractivity contribution in [1.82, 2.24) is 4.98 Å². The molecule has 0 aliphatic heterocycles. The Labute approximate surface area is 165 Å². The minimum Gasteiger partial charge on any atom is -0.494 e. The molecule has 0 atom stereocenters. The summed E-state index contributed by atoms with van der Waals surface area (Å²) in [4.78, 5) is 4.51. The molecular weight excluding hydrogens is 393 g/mol. The van der Waals surface area contributed by atoms with Gasteiger partial charge in [0.2, 0.25) is 5.13 Å². The highest BCUT2D eigenvalue weighted by molar-refractivity contribution is 7.14. The molecule has 0 fully saturated rings. The van der Waals surface area contributed by atoms with Gasteiger partial charge >= 0.3 is 0 Å². The summed E-state index contributed by atoms with van der Waals surface area (Å²) < 4.78 is 10.5. The average Bonchev–Trinajstić information content (AvgIpc) is 3.12. The van der Waals surface area contributed by atoms with Gasteiger partial charge in [0.15, 0.2) is 5.75 Å². The van der Waals surface area contributed by atoms with E-state index in [2.05, 4.69) is 15.5 Å². The van der Waals surface area contributed by atoms with Crippen LogP contribution in [0, 0.1) is 0 Å². The summed E-state index contributed by atoms with van der Waals surface area (Å²) in [6.45, 7) is 0. The topological polar surface area (TPSA) is 55.7 Å². The van der Waals surface area contributed by atoms with E-state index in [-0.39, 0.29) is 0 Å². The second kappa shape index (κ2) is 8.40. The number of rotatable bonds is 6. The molecule has 134 valence electrons. The van der Waals surface area contributed by atoms with Gasteiger partial charge in [-0.3, -0.25) is 5.43 Å². The minimum atomic E-state index is 0.296. The second-order valence-electron chi connectivity index (χ2n) is 5.10. The summed E-state index contributed by atoms with van der Waals surface area (Å²) in [5.74, 6) is 0.797. The molecule has 8 heteroatoms. The van der Waals surface area contributed by atoms with E-state index >= 15 is 0 Å². The van der Waals surface area contributed by atoms with E-state index in [0.29, 0.717) is 32.2 Å². The van der Waals surface area contributed by atoms with Crippen LogP contribution in [0.5, 0.6) is 11.5 Å². The molecule has 5 nitrogen and oxygen atoms in total. The molecule has 0 saturated carbocycles. The van der Waals surface area contributed by atoms with Crippen molar-refractivity contribution in [1.29, 1.82) is 0 Å². The Morgan fingerprint density at radius 2 is 1.85 bits per heavy atom. The number of halogens is 2. The number of nitrogens with zero attached hydrogens (tertiary/aromatic N) is 2. The Kier molecular flexibility index (Phi) is 5.98. The van der Waals surface area contributed by atoms with Crippen LogP contribution in [0.2, 0.25) is 10.0 Å². The SMILES string of the molecule is COc1c(Cl)cc(/C=N\Nc2nc(-c3ccccc3)cs2)c(OC)c1Cl. The molecule has 26 heavy (non-hydrogen) atoms. The van der Waals surface area contributed by atoms with Crippen LogP contribution < -0.4 is 14.9 Å². The van der Waals surface area contributed by atoms with Crippen LogP contribution in [0.4, 0.5) is 5.13 Å². The lowest BCUT2D eigenvalue weighted by Gasteiger charge is -2.12. The molecule has 0 bridgehead atoms. The molecule has 0 aliphatic carbocycles. The van der Waals surface area contributed by atoms with Gasteiger partial charge in [0.25, 0.3) is 0 Å². The maximum Gasteiger partial charge on any atom is 0.203 e. The first-order valence-electron chi connectivity index (χ1n) is 7.54. The van der Waals surface area contributed by atoms with E-state index in [0.717, 1.165) is 11.3 Å². The van der Waals surface area contributed by atoms with Gasteiger partial charge in [-0.25, -0.2) is 4.98 Å². The number of methoxy groups -OCH3 is 2. The molecule has 3 rings (SSSR count). The third kappa shape index (κ3) is 3.93. The van der Waals surface area contributed by atoms with E-state index in [1.165, 1.54) is 25.6 Å². The Balaban J connectivity index is 1.78. The van der Waals surface area contributed by atoms with E-state index < -0.39 is 0 Å². The Bertz CT molecular complexity index is 930. The van der Waals surface area contributed by atoms with Crippen LogP contribution >= 0.6 is 34.5 Å². The molecule has 1 N–H and O–H groups in total. The van der Waals surface area contributed by atoms with Crippen LogP contribution in [-0.2, 0) is 0 Å². The van der Waals surface area contributed by atoms with Crippen molar-refractivity contribution in [2.45, 2.75) is 0 Å². The molecule has 1 aromatic heterocycles. The highest BCUT2D eigenvalue weighted by Crippen LogP contribution is 2.41. The van der Waals surface area contributed by atoms with Crippen molar-refractivity contribution in [2.24, 2.45) is 5.10 Å². The molecular formula is C18H15Cl2N3O2S. The quantitative estimate of drug-likeness (QED) is 0.427. The Morgan fingerprint density at radius 1 is 1.12 bits per heavy atom. The number of aromatic nitrogens is 1. The standard InChI is InChI=1S/C18H15Cl2N3O2S/c1-24-16-12(8-13(19)17(25-2)15(16)20)9-21-23-18-22-14(10-26-18)11-6-4-3-5-7-11/h3-10H,1-2H3,(H,22,23)/b21-9-. The van der Waals surface area contributed by atoms with E-state index in [9.17, 15) is 0 Å². The van der Waals surface area contributed by atoms with Crippen LogP contribution in [0.3, 0.4) is 0 Å². The third-order valence-corrected chi connectivity index (χ3v) is 4.88. The van der Waals surface area contributed by atoms with E-state index in [1.807, 2.05) is 35.7 Å². The number of ether oxygens (including phenoxy) is 2. The lowest BCUT2D eigenvalue weighted by molar-refractivity contribution is 0.394. The second-order valence-corrected chi connectivity index (χ2v) is 6.75. The predicted molar refractivity (Wildman–Crippen MR) is 108 cm³/mol. The number of thiazole rings is 1. The van der Waals surface area contributed by atoms with Gasteiger partial charge in [-0.15, -0.1) is 11.3 Å². The van der Waals surface area contributed by atoms with Gasteiger partial charge in [0.1, 0.15) is 10.8 Å². The van der Waals surface area contributed by atoms with Crippen LogP contribution in [0.1, 0.15) is 5.56 Å². The first-order chi connectivity index (χ1) is 12.6.